The Labute approximate surface area is 87.1 Å². The zero-order valence-corrected chi connectivity index (χ0v) is 7.75. The number of aromatic nitrogens is 1. The Kier molecular flexibility index (Phi) is 2.19. The van der Waals surface area contributed by atoms with Crippen LogP contribution >= 0.6 is 0 Å². The van der Waals surface area contributed by atoms with E-state index >= 15 is 0 Å². The molecule has 1 heterocycles. The predicted octanol–water partition coefficient (Wildman–Crippen LogP) is 1.50. The minimum absolute atomic E-state index is 0.196. The lowest BCUT2D eigenvalue weighted by molar-refractivity contribution is 0.0695. The van der Waals surface area contributed by atoms with E-state index in [-0.39, 0.29) is 10.9 Å². The summed E-state index contributed by atoms with van der Waals surface area (Å²) in [5, 5.41) is 8.47. The van der Waals surface area contributed by atoms with E-state index in [1.54, 1.807) is 0 Å². The third kappa shape index (κ3) is 1.35. The number of carboxylic acids is 1. The van der Waals surface area contributed by atoms with E-state index in [0.717, 1.165) is 18.3 Å². The summed E-state index contributed by atoms with van der Waals surface area (Å²) in [7, 11) is 0. The molecular formula is C10H5F2NO3. The van der Waals surface area contributed by atoms with Crippen LogP contribution in [0.25, 0.3) is 10.9 Å². The van der Waals surface area contributed by atoms with Crippen molar-refractivity contribution in [1.29, 1.82) is 0 Å². The summed E-state index contributed by atoms with van der Waals surface area (Å²) in [4.78, 5) is 24.4. The molecule has 2 aromatic rings. The van der Waals surface area contributed by atoms with Crippen LogP contribution in [-0.2, 0) is 0 Å². The molecule has 1 aromatic heterocycles. The number of aromatic carboxylic acids is 1. The molecule has 0 atom stereocenters. The zero-order chi connectivity index (χ0) is 11.9. The first-order valence-corrected chi connectivity index (χ1v) is 4.25. The quantitative estimate of drug-likeness (QED) is 0.772. The molecule has 2 rings (SSSR count). The second-order valence-electron chi connectivity index (χ2n) is 3.12. The van der Waals surface area contributed by atoms with Crippen LogP contribution in [0.5, 0.6) is 0 Å². The second-order valence-corrected chi connectivity index (χ2v) is 3.12. The molecule has 82 valence electrons. The molecule has 2 N–H and O–H groups in total. The number of fused-ring (bicyclic) bond motifs is 1. The van der Waals surface area contributed by atoms with E-state index in [2.05, 4.69) is 4.98 Å². The molecule has 0 aliphatic rings. The first kappa shape index (κ1) is 10.3. The molecule has 0 saturated heterocycles. The van der Waals surface area contributed by atoms with Gasteiger partial charge in [0.2, 0.25) is 5.43 Å². The van der Waals surface area contributed by atoms with Gasteiger partial charge in [-0.1, -0.05) is 0 Å². The van der Waals surface area contributed by atoms with Crippen molar-refractivity contribution in [3.8, 4) is 0 Å². The van der Waals surface area contributed by atoms with Crippen molar-refractivity contribution in [2.24, 2.45) is 0 Å². The van der Waals surface area contributed by atoms with E-state index in [1.165, 1.54) is 0 Å². The van der Waals surface area contributed by atoms with Gasteiger partial charge >= 0.3 is 5.97 Å². The summed E-state index contributed by atoms with van der Waals surface area (Å²) in [6.07, 6.45) is 0.843. The number of aromatic amines is 1. The van der Waals surface area contributed by atoms with Crippen molar-refractivity contribution in [3.63, 3.8) is 0 Å². The van der Waals surface area contributed by atoms with Gasteiger partial charge < -0.3 is 10.1 Å². The number of carbonyl (C=O) groups is 1. The monoisotopic (exact) mass is 225 g/mol. The highest BCUT2D eigenvalue weighted by atomic mass is 19.2. The molecule has 1 aromatic carbocycles. The first-order chi connectivity index (χ1) is 7.52. The Balaban J connectivity index is 2.93. The molecule has 0 spiro atoms. The summed E-state index contributed by atoms with van der Waals surface area (Å²) >= 11 is 0. The summed E-state index contributed by atoms with van der Waals surface area (Å²) in [6, 6.07) is 1.82. The molecule has 0 aliphatic carbocycles. The maximum Gasteiger partial charge on any atom is 0.341 e. The predicted molar refractivity (Wildman–Crippen MR) is 51.4 cm³/mol. The van der Waals surface area contributed by atoms with E-state index < -0.39 is 28.6 Å². The number of pyridine rings is 1. The molecule has 0 radical (unpaired) electrons. The number of nitrogens with one attached hydrogen (secondary N) is 1. The van der Waals surface area contributed by atoms with Crippen LogP contribution in [0.1, 0.15) is 10.4 Å². The normalized spacial score (nSPS) is 10.6. The van der Waals surface area contributed by atoms with Crippen LogP contribution in [0.4, 0.5) is 8.78 Å². The molecule has 0 unspecified atom stereocenters. The number of hydrogen-bond acceptors (Lipinski definition) is 2. The van der Waals surface area contributed by atoms with Gasteiger partial charge in [0.25, 0.3) is 0 Å². The molecule has 0 aliphatic heterocycles. The number of H-pyrrole nitrogens is 1. The standard InChI is InChI=1S/C10H5F2NO3/c11-6-2-1-4-8(7(6)12)13-3-5(9(4)14)10(15)16/h1-3H,(H,13,14)(H,15,16). The van der Waals surface area contributed by atoms with Gasteiger partial charge in [0.1, 0.15) is 5.56 Å². The number of hydrogen-bond donors (Lipinski definition) is 2. The van der Waals surface area contributed by atoms with Crippen LogP contribution in [0, 0.1) is 11.6 Å². The van der Waals surface area contributed by atoms with Crippen molar-refractivity contribution in [2.45, 2.75) is 0 Å². The minimum Gasteiger partial charge on any atom is -0.477 e. The maximum atomic E-state index is 13.2. The smallest absolute Gasteiger partial charge is 0.341 e. The van der Waals surface area contributed by atoms with Crippen molar-refractivity contribution in [2.75, 3.05) is 0 Å². The number of halogens is 2. The van der Waals surface area contributed by atoms with Gasteiger partial charge in [-0.15, -0.1) is 0 Å². The van der Waals surface area contributed by atoms with Crippen LogP contribution in [0.15, 0.2) is 23.1 Å². The minimum atomic E-state index is -1.42. The Morgan fingerprint density at radius 1 is 1.31 bits per heavy atom. The number of benzene rings is 1. The SMILES string of the molecule is O=C(O)c1c[nH]c2c(F)c(F)ccc2c1=O. The third-order valence-electron chi connectivity index (χ3n) is 2.18. The van der Waals surface area contributed by atoms with Crippen LogP contribution < -0.4 is 5.43 Å². The van der Waals surface area contributed by atoms with Gasteiger partial charge in [-0.2, -0.15) is 0 Å². The van der Waals surface area contributed by atoms with Gasteiger partial charge in [0.05, 0.1) is 5.52 Å². The topological polar surface area (TPSA) is 70.2 Å². The molecule has 0 amide bonds. The summed E-state index contributed by atoms with van der Waals surface area (Å²) in [5.41, 5.74) is -1.70. The molecule has 0 saturated carbocycles. The molecule has 0 fully saturated rings. The van der Waals surface area contributed by atoms with Crippen molar-refractivity contribution in [3.05, 3.63) is 45.8 Å². The average molecular weight is 225 g/mol. The lowest BCUT2D eigenvalue weighted by atomic mass is 10.1. The zero-order valence-electron chi connectivity index (χ0n) is 7.75. The average Bonchev–Trinajstić information content (AvgIpc) is 2.23. The van der Waals surface area contributed by atoms with Gasteiger partial charge in [-0.3, -0.25) is 4.79 Å². The molecule has 0 bridgehead atoms. The lowest BCUT2D eigenvalue weighted by Gasteiger charge is -2.01. The van der Waals surface area contributed by atoms with Crippen LogP contribution in [0.2, 0.25) is 0 Å². The largest absolute Gasteiger partial charge is 0.477 e. The fourth-order valence-electron chi connectivity index (χ4n) is 1.39. The van der Waals surface area contributed by atoms with Crippen molar-refractivity contribution >= 4 is 16.9 Å². The fraction of sp³-hybridized carbons (Fsp3) is 0. The maximum absolute atomic E-state index is 13.2. The summed E-state index contributed by atoms with van der Waals surface area (Å²) in [5.74, 6) is -3.73. The van der Waals surface area contributed by atoms with Gasteiger partial charge in [-0.05, 0) is 12.1 Å². The van der Waals surface area contributed by atoms with Gasteiger partial charge in [-0.25, -0.2) is 13.6 Å². The van der Waals surface area contributed by atoms with E-state index in [4.69, 9.17) is 5.11 Å². The Morgan fingerprint density at radius 3 is 2.62 bits per heavy atom. The first-order valence-electron chi connectivity index (χ1n) is 4.25. The lowest BCUT2D eigenvalue weighted by Crippen LogP contribution is -2.15. The molecule has 4 nitrogen and oxygen atoms in total. The Bertz CT molecular complexity index is 648. The molecule has 6 heteroatoms. The molecule has 16 heavy (non-hydrogen) atoms. The fourth-order valence-corrected chi connectivity index (χ4v) is 1.39. The Hall–Kier alpha value is -2.24. The second kappa shape index (κ2) is 3.41. The summed E-state index contributed by atoms with van der Waals surface area (Å²) < 4.78 is 26.0. The Morgan fingerprint density at radius 2 is 2.00 bits per heavy atom. The third-order valence-corrected chi connectivity index (χ3v) is 2.18. The van der Waals surface area contributed by atoms with E-state index in [0.29, 0.717) is 0 Å². The highest BCUT2D eigenvalue weighted by molar-refractivity contribution is 5.92. The highest BCUT2D eigenvalue weighted by Crippen LogP contribution is 2.15. The summed E-state index contributed by atoms with van der Waals surface area (Å²) in [6.45, 7) is 0. The number of carboxylic acid groups (broad SMARTS) is 1. The van der Waals surface area contributed by atoms with Crippen LogP contribution in [0.3, 0.4) is 0 Å². The highest BCUT2D eigenvalue weighted by Gasteiger charge is 2.15. The van der Waals surface area contributed by atoms with Crippen molar-refractivity contribution < 1.29 is 18.7 Å². The van der Waals surface area contributed by atoms with Crippen LogP contribution in [-0.4, -0.2) is 16.1 Å². The van der Waals surface area contributed by atoms with E-state index in [1.807, 2.05) is 0 Å². The molecular weight excluding hydrogens is 220 g/mol. The van der Waals surface area contributed by atoms with Crippen molar-refractivity contribution in [1.82, 2.24) is 4.98 Å². The van der Waals surface area contributed by atoms with Gasteiger partial charge in [0.15, 0.2) is 11.6 Å². The van der Waals surface area contributed by atoms with E-state index in [9.17, 15) is 18.4 Å². The van der Waals surface area contributed by atoms with Gasteiger partial charge in [0, 0.05) is 11.6 Å². The number of rotatable bonds is 1.